The Morgan fingerprint density at radius 2 is 1.74 bits per heavy atom. The molecule has 8 nitrogen and oxygen atoms in total. The highest BCUT2D eigenvalue weighted by Gasteiger charge is 2.33. The lowest BCUT2D eigenvalue weighted by Gasteiger charge is -2.39. The number of pyridine rings is 1. The number of fused-ring (bicyclic) bond motifs is 2. The number of carbonyl (C=O) groups is 1. The Labute approximate surface area is 249 Å². The van der Waals surface area contributed by atoms with Crippen LogP contribution in [0.3, 0.4) is 0 Å². The first kappa shape index (κ1) is 26.9. The van der Waals surface area contributed by atoms with Crippen LogP contribution in [0.5, 0.6) is 11.5 Å². The Morgan fingerprint density at radius 1 is 0.929 bits per heavy atom. The van der Waals surface area contributed by atoms with Crippen LogP contribution in [0.2, 0.25) is 5.02 Å². The molecule has 0 saturated carbocycles. The summed E-state index contributed by atoms with van der Waals surface area (Å²) in [6, 6.07) is 21.6. The molecule has 2 fully saturated rings. The first-order chi connectivity index (χ1) is 20.5. The zero-order valence-corrected chi connectivity index (χ0v) is 24.1. The number of hydrogen-bond donors (Lipinski definition) is 1. The Kier molecular flexibility index (Phi) is 7.25. The number of amides is 1. The zero-order valence-electron chi connectivity index (χ0n) is 23.4. The molecule has 1 atom stereocenters. The number of aromatic nitrogens is 1. The van der Waals surface area contributed by atoms with Gasteiger partial charge in [0.2, 0.25) is 12.7 Å². The van der Waals surface area contributed by atoms with E-state index in [4.69, 9.17) is 21.1 Å². The van der Waals surface area contributed by atoms with Gasteiger partial charge in [-0.2, -0.15) is 0 Å². The van der Waals surface area contributed by atoms with Gasteiger partial charge in [0, 0.05) is 67.3 Å². The molecule has 3 aromatic carbocycles. The lowest BCUT2D eigenvalue weighted by atomic mass is 9.93. The van der Waals surface area contributed by atoms with Crippen LogP contribution < -0.4 is 19.9 Å². The van der Waals surface area contributed by atoms with E-state index in [2.05, 4.69) is 20.9 Å². The second-order valence-electron chi connectivity index (χ2n) is 11.3. The average molecular weight is 585 g/mol. The van der Waals surface area contributed by atoms with E-state index in [1.54, 1.807) is 6.07 Å². The van der Waals surface area contributed by atoms with Gasteiger partial charge in [0.25, 0.3) is 5.56 Å². The van der Waals surface area contributed by atoms with Crippen LogP contribution in [-0.2, 0) is 11.3 Å². The number of nitrogens with one attached hydrogen (secondary N) is 1. The van der Waals surface area contributed by atoms with Gasteiger partial charge in [-0.1, -0.05) is 48.0 Å². The molecule has 7 rings (SSSR count). The molecule has 1 amide bonds. The van der Waals surface area contributed by atoms with Crippen LogP contribution in [0.15, 0.2) is 71.5 Å². The molecule has 4 aromatic rings. The maximum atomic E-state index is 13.8. The van der Waals surface area contributed by atoms with E-state index in [1.165, 1.54) is 5.56 Å². The molecule has 216 valence electrons. The normalized spacial score (nSPS) is 18.9. The molecule has 1 aromatic heterocycles. The summed E-state index contributed by atoms with van der Waals surface area (Å²) in [5, 5.41) is 1.51. The fraction of sp³-hybridized carbons (Fsp3) is 0.333. The molecule has 0 bridgehead atoms. The third-order valence-electron chi connectivity index (χ3n) is 8.63. The van der Waals surface area contributed by atoms with E-state index in [-0.39, 0.29) is 24.2 Å². The van der Waals surface area contributed by atoms with Crippen molar-refractivity contribution in [1.29, 1.82) is 0 Å². The van der Waals surface area contributed by atoms with Crippen molar-refractivity contribution in [3.8, 4) is 22.6 Å². The summed E-state index contributed by atoms with van der Waals surface area (Å²) < 4.78 is 11.0. The van der Waals surface area contributed by atoms with Gasteiger partial charge < -0.3 is 24.3 Å². The van der Waals surface area contributed by atoms with Crippen molar-refractivity contribution >= 4 is 34.1 Å². The van der Waals surface area contributed by atoms with Gasteiger partial charge in [0.05, 0.1) is 5.92 Å². The van der Waals surface area contributed by atoms with E-state index in [0.717, 1.165) is 72.5 Å². The SMILES string of the molecule is O=C(C1CCCN(c2c(-c3ccccc3)c3cc(Cl)ccc3[nH]c2=O)C1)N1CCN(Cc2ccc3c(c2)OCO3)CC1. The van der Waals surface area contributed by atoms with Crippen molar-refractivity contribution < 1.29 is 14.3 Å². The third kappa shape index (κ3) is 5.21. The smallest absolute Gasteiger partial charge is 0.272 e. The number of aromatic amines is 1. The van der Waals surface area contributed by atoms with Crippen LogP contribution in [-0.4, -0.2) is 66.8 Å². The van der Waals surface area contributed by atoms with Crippen molar-refractivity contribution in [3.63, 3.8) is 0 Å². The summed E-state index contributed by atoms with van der Waals surface area (Å²) in [7, 11) is 0. The van der Waals surface area contributed by atoms with Gasteiger partial charge in [-0.25, -0.2) is 0 Å². The van der Waals surface area contributed by atoms with Crippen LogP contribution in [0.4, 0.5) is 5.69 Å². The Hall–Kier alpha value is -4.01. The van der Waals surface area contributed by atoms with E-state index in [0.29, 0.717) is 30.3 Å². The van der Waals surface area contributed by atoms with Crippen molar-refractivity contribution in [2.75, 3.05) is 51.0 Å². The maximum Gasteiger partial charge on any atom is 0.272 e. The predicted molar refractivity (Wildman–Crippen MR) is 164 cm³/mol. The monoisotopic (exact) mass is 584 g/mol. The highest BCUT2D eigenvalue weighted by molar-refractivity contribution is 6.31. The van der Waals surface area contributed by atoms with Crippen LogP contribution in [0.1, 0.15) is 18.4 Å². The average Bonchev–Trinajstić information content (AvgIpc) is 3.49. The molecule has 2 saturated heterocycles. The van der Waals surface area contributed by atoms with Crippen molar-refractivity contribution in [2.45, 2.75) is 19.4 Å². The number of rotatable bonds is 5. The minimum absolute atomic E-state index is 0.145. The Bertz CT molecular complexity index is 1680. The number of anilines is 1. The molecule has 3 aliphatic heterocycles. The van der Waals surface area contributed by atoms with Gasteiger partial charge in [-0.05, 0) is 54.3 Å². The lowest BCUT2D eigenvalue weighted by Crippen LogP contribution is -2.52. The highest BCUT2D eigenvalue weighted by atomic mass is 35.5. The number of benzene rings is 3. The molecular formula is C33H33ClN4O4. The molecule has 0 radical (unpaired) electrons. The second kappa shape index (κ2) is 11.3. The Balaban J connectivity index is 1.08. The number of H-pyrrole nitrogens is 1. The van der Waals surface area contributed by atoms with Gasteiger partial charge in [-0.3, -0.25) is 14.5 Å². The van der Waals surface area contributed by atoms with Crippen LogP contribution >= 0.6 is 11.6 Å². The van der Waals surface area contributed by atoms with Crippen LogP contribution in [0, 0.1) is 5.92 Å². The summed E-state index contributed by atoms with van der Waals surface area (Å²) >= 11 is 6.41. The van der Waals surface area contributed by atoms with E-state index in [1.807, 2.05) is 59.5 Å². The predicted octanol–water partition coefficient (Wildman–Crippen LogP) is 5.14. The third-order valence-corrected chi connectivity index (χ3v) is 8.86. The standard InChI is InChI=1S/C33H33ClN4O4/c34-25-9-10-27-26(18-25)30(23-5-2-1-3-6-23)31(32(39)35-27)38-12-4-7-24(20-38)33(40)37-15-13-36(14-16-37)19-22-8-11-28-29(17-22)42-21-41-28/h1-3,5-6,8-11,17-18,24H,4,7,12-16,19-21H2,(H,35,39). The minimum Gasteiger partial charge on any atom is -0.454 e. The fourth-order valence-corrected chi connectivity index (χ4v) is 6.69. The molecule has 9 heteroatoms. The Morgan fingerprint density at radius 3 is 2.57 bits per heavy atom. The van der Waals surface area contributed by atoms with Crippen molar-refractivity contribution in [1.82, 2.24) is 14.8 Å². The molecule has 4 heterocycles. The molecular weight excluding hydrogens is 552 g/mol. The summed E-state index contributed by atoms with van der Waals surface area (Å²) in [5.41, 5.74) is 4.21. The number of carbonyl (C=O) groups excluding carboxylic acids is 1. The van der Waals surface area contributed by atoms with Gasteiger partial charge in [0.15, 0.2) is 11.5 Å². The van der Waals surface area contributed by atoms with E-state index < -0.39 is 0 Å². The molecule has 42 heavy (non-hydrogen) atoms. The quantitative estimate of drug-likeness (QED) is 0.350. The first-order valence-electron chi connectivity index (χ1n) is 14.6. The van der Waals surface area contributed by atoms with Gasteiger partial charge in [-0.15, -0.1) is 0 Å². The summed E-state index contributed by atoms with van der Waals surface area (Å²) in [6.45, 7) is 5.36. The molecule has 0 aliphatic carbocycles. The number of piperidine rings is 1. The van der Waals surface area contributed by atoms with Crippen LogP contribution in [0.25, 0.3) is 22.0 Å². The molecule has 3 aliphatic rings. The first-order valence-corrected chi connectivity index (χ1v) is 15.0. The van der Waals surface area contributed by atoms with E-state index >= 15 is 0 Å². The number of halogens is 1. The van der Waals surface area contributed by atoms with Gasteiger partial charge in [0.1, 0.15) is 5.69 Å². The minimum atomic E-state index is -0.155. The van der Waals surface area contributed by atoms with Crippen molar-refractivity contribution in [3.05, 3.63) is 87.7 Å². The van der Waals surface area contributed by atoms with Crippen molar-refractivity contribution in [2.24, 2.45) is 5.92 Å². The summed E-state index contributed by atoms with van der Waals surface area (Å²) in [6.07, 6.45) is 1.67. The van der Waals surface area contributed by atoms with Gasteiger partial charge >= 0.3 is 0 Å². The summed E-state index contributed by atoms with van der Waals surface area (Å²) in [5.74, 6) is 1.62. The second-order valence-corrected chi connectivity index (χ2v) is 11.7. The number of piperazine rings is 1. The highest BCUT2D eigenvalue weighted by Crippen LogP contribution is 2.37. The summed E-state index contributed by atoms with van der Waals surface area (Å²) in [4.78, 5) is 36.9. The topological polar surface area (TPSA) is 78.1 Å². The lowest BCUT2D eigenvalue weighted by molar-refractivity contribution is -0.137. The largest absolute Gasteiger partial charge is 0.454 e. The molecule has 1 unspecified atom stereocenters. The zero-order chi connectivity index (χ0) is 28.6. The molecule has 1 N–H and O–H groups in total. The molecule has 0 spiro atoms. The van der Waals surface area contributed by atoms with E-state index in [9.17, 15) is 9.59 Å². The fourth-order valence-electron chi connectivity index (χ4n) is 6.52. The number of ether oxygens (including phenoxy) is 2. The number of hydrogen-bond acceptors (Lipinski definition) is 6. The number of nitrogens with zero attached hydrogens (tertiary/aromatic N) is 3. The maximum absolute atomic E-state index is 13.8.